The molecule has 0 aliphatic heterocycles. The normalized spacial score (nSPS) is 10.2. The molecular weight excluding hydrogens is 212 g/mol. The summed E-state index contributed by atoms with van der Waals surface area (Å²) < 4.78 is 9.99. The smallest absolute Gasteiger partial charge is 0.341 e. The molecule has 0 spiro atoms. The summed E-state index contributed by atoms with van der Waals surface area (Å²) in [5, 5.41) is 16.6. The van der Waals surface area contributed by atoms with E-state index < -0.39 is 5.97 Å². The average Bonchev–Trinajstić information content (AvgIpc) is 2.23. The van der Waals surface area contributed by atoms with Gasteiger partial charge in [-0.15, -0.1) is 5.10 Å². The lowest BCUT2D eigenvalue weighted by Gasteiger charge is -2.09. The Balaban J connectivity index is 2.99. The van der Waals surface area contributed by atoms with E-state index in [1.54, 1.807) is 13.8 Å². The highest BCUT2D eigenvalue weighted by atomic mass is 16.5. The Morgan fingerprint density at radius 2 is 2.00 bits per heavy atom. The number of aromatic carboxylic acids is 1. The minimum Gasteiger partial charge on any atom is -0.477 e. The van der Waals surface area contributed by atoms with Crippen LogP contribution in [0.1, 0.15) is 21.6 Å². The maximum absolute atomic E-state index is 11.0. The molecule has 0 aliphatic rings. The summed E-state index contributed by atoms with van der Waals surface area (Å²) in [6.45, 7) is 3.99. The summed E-state index contributed by atoms with van der Waals surface area (Å²) in [6.07, 6.45) is 0. The highest BCUT2D eigenvalue weighted by Crippen LogP contribution is 2.20. The molecule has 0 atom stereocenters. The zero-order valence-electron chi connectivity index (χ0n) is 9.48. The van der Waals surface area contributed by atoms with Gasteiger partial charge in [-0.3, -0.25) is 0 Å². The lowest BCUT2D eigenvalue weighted by molar-refractivity contribution is 0.0686. The number of ether oxygens (including phenoxy) is 2. The van der Waals surface area contributed by atoms with E-state index in [0.29, 0.717) is 17.9 Å². The Hall–Kier alpha value is -1.69. The van der Waals surface area contributed by atoms with Crippen molar-refractivity contribution >= 4 is 5.97 Å². The van der Waals surface area contributed by atoms with E-state index in [2.05, 4.69) is 10.2 Å². The summed E-state index contributed by atoms with van der Waals surface area (Å²) in [7, 11) is 1.54. The number of methoxy groups -OCH3 is 1. The van der Waals surface area contributed by atoms with Gasteiger partial charge in [0.15, 0.2) is 0 Å². The van der Waals surface area contributed by atoms with Gasteiger partial charge < -0.3 is 14.6 Å². The Morgan fingerprint density at radius 1 is 1.31 bits per heavy atom. The molecule has 0 aliphatic carbocycles. The van der Waals surface area contributed by atoms with Crippen LogP contribution < -0.4 is 4.74 Å². The van der Waals surface area contributed by atoms with E-state index in [-0.39, 0.29) is 18.1 Å². The highest BCUT2D eigenvalue weighted by Gasteiger charge is 2.18. The van der Waals surface area contributed by atoms with Crippen molar-refractivity contribution in [1.82, 2.24) is 10.2 Å². The molecule has 0 aromatic carbocycles. The second-order valence-corrected chi connectivity index (χ2v) is 3.24. The van der Waals surface area contributed by atoms with Crippen LogP contribution in [0.3, 0.4) is 0 Å². The molecule has 6 nitrogen and oxygen atoms in total. The van der Waals surface area contributed by atoms with E-state index in [0.717, 1.165) is 0 Å². The summed E-state index contributed by atoms with van der Waals surface area (Å²) in [5.74, 6) is -1.03. The first kappa shape index (κ1) is 12.4. The number of aryl methyl sites for hydroxylation is 1. The molecule has 16 heavy (non-hydrogen) atoms. The highest BCUT2D eigenvalue weighted by molar-refractivity contribution is 5.91. The molecule has 1 rings (SSSR count). The van der Waals surface area contributed by atoms with Gasteiger partial charge >= 0.3 is 5.97 Å². The maximum atomic E-state index is 11.0. The van der Waals surface area contributed by atoms with Gasteiger partial charge in [-0.05, 0) is 19.4 Å². The third-order valence-corrected chi connectivity index (χ3v) is 2.16. The van der Waals surface area contributed by atoms with Crippen molar-refractivity contribution in [3.63, 3.8) is 0 Å². The number of carbonyl (C=O) groups is 1. The van der Waals surface area contributed by atoms with Crippen LogP contribution in [0.4, 0.5) is 0 Å². The quantitative estimate of drug-likeness (QED) is 0.748. The van der Waals surface area contributed by atoms with Crippen LogP contribution in [0.2, 0.25) is 0 Å². The van der Waals surface area contributed by atoms with Gasteiger partial charge in [-0.25, -0.2) is 4.79 Å². The number of rotatable bonds is 5. The first-order valence-electron chi connectivity index (χ1n) is 4.76. The van der Waals surface area contributed by atoms with Crippen molar-refractivity contribution in [3.8, 4) is 5.88 Å². The van der Waals surface area contributed by atoms with Crippen LogP contribution in [0.5, 0.6) is 5.88 Å². The predicted octanol–water partition coefficient (Wildman–Crippen LogP) is 0.817. The molecule has 0 radical (unpaired) electrons. The third kappa shape index (κ3) is 2.66. The summed E-state index contributed by atoms with van der Waals surface area (Å²) >= 11 is 0. The Kier molecular flexibility index (Phi) is 4.19. The number of nitrogens with zero attached hydrogens (tertiary/aromatic N) is 2. The second kappa shape index (κ2) is 5.41. The topological polar surface area (TPSA) is 81.5 Å². The molecule has 1 N–H and O–H groups in total. The van der Waals surface area contributed by atoms with Gasteiger partial charge in [0.25, 0.3) is 0 Å². The van der Waals surface area contributed by atoms with Crippen LogP contribution in [0.15, 0.2) is 0 Å². The van der Waals surface area contributed by atoms with Crippen molar-refractivity contribution in [2.24, 2.45) is 0 Å². The van der Waals surface area contributed by atoms with E-state index in [9.17, 15) is 4.79 Å². The number of aromatic nitrogens is 2. The minimum absolute atomic E-state index is 0.0349. The van der Waals surface area contributed by atoms with Crippen molar-refractivity contribution in [2.75, 3.05) is 20.3 Å². The van der Waals surface area contributed by atoms with E-state index >= 15 is 0 Å². The molecule has 0 saturated carbocycles. The van der Waals surface area contributed by atoms with Crippen molar-refractivity contribution < 1.29 is 19.4 Å². The largest absolute Gasteiger partial charge is 0.477 e. The van der Waals surface area contributed by atoms with Gasteiger partial charge in [-0.1, -0.05) is 0 Å². The number of carboxylic acids is 1. The van der Waals surface area contributed by atoms with Crippen molar-refractivity contribution in [1.29, 1.82) is 0 Å². The third-order valence-electron chi connectivity index (χ3n) is 2.16. The van der Waals surface area contributed by atoms with Crippen LogP contribution >= 0.6 is 0 Å². The second-order valence-electron chi connectivity index (χ2n) is 3.24. The first-order valence-corrected chi connectivity index (χ1v) is 4.76. The molecule has 0 amide bonds. The van der Waals surface area contributed by atoms with E-state index in [1.807, 2.05) is 0 Å². The van der Waals surface area contributed by atoms with Crippen molar-refractivity contribution in [3.05, 3.63) is 16.8 Å². The van der Waals surface area contributed by atoms with E-state index in [1.165, 1.54) is 7.11 Å². The fraction of sp³-hybridized carbons (Fsp3) is 0.500. The van der Waals surface area contributed by atoms with Crippen LogP contribution in [-0.4, -0.2) is 41.6 Å². The lowest BCUT2D eigenvalue weighted by atomic mass is 10.1. The van der Waals surface area contributed by atoms with Gasteiger partial charge in [0.1, 0.15) is 12.2 Å². The molecule has 1 aromatic rings. The molecule has 0 saturated heterocycles. The predicted molar refractivity (Wildman–Crippen MR) is 55.8 cm³/mol. The Bertz CT molecular complexity index is 393. The molecule has 0 bridgehead atoms. The van der Waals surface area contributed by atoms with Gasteiger partial charge in [0.05, 0.1) is 12.3 Å². The summed E-state index contributed by atoms with van der Waals surface area (Å²) in [5.41, 5.74) is 1.20. The molecule has 0 unspecified atom stereocenters. The number of hydrogen-bond acceptors (Lipinski definition) is 5. The van der Waals surface area contributed by atoms with E-state index in [4.69, 9.17) is 14.6 Å². The van der Waals surface area contributed by atoms with Crippen molar-refractivity contribution in [2.45, 2.75) is 13.8 Å². The molecule has 6 heteroatoms. The first-order chi connectivity index (χ1) is 7.57. The molecule has 88 valence electrons. The minimum atomic E-state index is -1.07. The average molecular weight is 226 g/mol. The zero-order valence-corrected chi connectivity index (χ0v) is 9.48. The Labute approximate surface area is 93.2 Å². The molecular formula is C10H14N2O4. The summed E-state index contributed by atoms with van der Waals surface area (Å²) in [4.78, 5) is 11.0. The fourth-order valence-corrected chi connectivity index (χ4v) is 1.16. The number of hydrogen-bond donors (Lipinski definition) is 1. The van der Waals surface area contributed by atoms with Crippen LogP contribution in [0.25, 0.3) is 0 Å². The van der Waals surface area contributed by atoms with Gasteiger partial charge in [0.2, 0.25) is 5.88 Å². The lowest BCUT2D eigenvalue weighted by Crippen LogP contribution is -2.13. The fourth-order valence-electron chi connectivity index (χ4n) is 1.16. The molecule has 0 fully saturated rings. The van der Waals surface area contributed by atoms with Gasteiger partial charge in [0, 0.05) is 7.11 Å². The maximum Gasteiger partial charge on any atom is 0.341 e. The number of carboxylic acid groups (broad SMARTS) is 1. The zero-order chi connectivity index (χ0) is 12.1. The monoisotopic (exact) mass is 226 g/mol. The standard InChI is InChI=1S/C10H14N2O4/c1-6-7(2)11-12-9(8(6)10(13)14)16-5-4-15-3/h4-5H2,1-3H3,(H,13,14). The Morgan fingerprint density at radius 3 is 2.56 bits per heavy atom. The molecule has 1 heterocycles. The summed E-state index contributed by atoms with van der Waals surface area (Å²) in [6, 6.07) is 0. The van der Waals surface area contributed by atoms with Gasteiger partial charge in [-0.2, -0.15) is 5.10 Å². The molecule has 1 aromatic heterocycles. The van der Waals surface area contributed by atoms with Crippen LogP contribution in [-0.2, 0) is 4.74 Å². The van der Waals surface area contributed by atoms with Crippen LogP contribution in [0, 0.1) is 13.8 Å². The SMILES string of the molecule is COCCOc1nnc(C)c(C)c1C(=O)O.